The van der Waals surface area contributed by atoms with Crippen molar-refractivity contribution in [2.75, 3.05) is 13.2 Å². The van der Waals surface area contributed by atoms with Gasteiger partial charge in [-0.05, 0) is 13.8 Å². The Labute approximate surface area is 101 Å². The normalized spacial score (nSPS) is 25.8. The number of carbonyl (C=O) groups excluding carboxylic acids is 1. The molecule has 1 fully saturated rings. The smallest absolute Gasteiger partial charge is 0.330 e. The van der Waals surface area contributed by atoms with Gasteiger partial charge < -0.3 is 14.6 Å². The third kappa shape index (κ3) is 4.97. The molecule has 0 spiro atoms. The van der Waals surface area contributed by atoms with Crippen molar-refractivity contribution < 1.29 is 19.4 Å². The zero-order valence-electron chi connectivity index (χ0n) is 10.1. The summed E-state index contributed by atoms with van der Waals surface area (Å²) in [6, 6.07) is 0. The van der Waals surface area contributed by atoms with E-state index >= 15 is 0 Å². The first kappa shape index (κ1) is 13.7. The van der Waals surface area contributed by atoms with E-state index in [2.05, 4.69) is 0 Å². The third-order valence-electron chi connectivity index (χ3n) is 2.37. The lowest BCUT2D eigenvalue weighted by molar-refractivity contribution is -0.137. The van der Waals surface area contributed by atoms with Crippen LogP contribution in [0.15, 0.2) is 36.5 Å². The van der Waals surface area contributed by atoms with Crippen LogP contribution >= 0.6 is 0 Å². The molecular formula is C13H18O4. The number of esters is 1. The van der Waals surface area contributed by atoms with Crippen molar-refractivity contribution in [1.29, 1.82) is 0 Å². The molecule has 0 saturated carbocycles. The highest BCUT2D eigenvalue weighted by Gasteiger charge is 2.45. The lowest BCUT2D eigenvalue weighted by atomic mass is 10.1. The summed E-state index contributed by atoms with van der Waals surface area (Å²) < 4.78 is 9.80. The van der Waals surface area contributed by atoms with Crippen molar-refractivity contribution in [3.63, 3.8) is 0 Å². The first-order chi connectivity index (χ1) is 8.08. The van der Waals surface area contributed by atoms with Crippen molar-refractivity contribution >= 4 is 5.97 Å². The van der Waals surface area contributed by atoms with Crippen LogP contribution in [0.25, 0.3) is 0 Å². The molecule has 1 aliphatic heterocycles. The molecule has 0 bridgehead atoms. The Balaban J connectivity index is 2.25. The average molecular weight is 238 g/mol. The summed E-state index contributed by atoms with van der Waals surface area (Å²) >= 11 is 0. The molecular weight excluding hydrogens is 220 g/mol. The van der Waals surface area contributed by atoms with Gasteiger partial charge in [-0.15, -0.1) is 0 Å². The molecule has 0 amide bonds. The molecule has 0 unspecified atom stereocenters. The van der Waals surface area contributed by atoms with E-state index in [-0.39, 0.29) is 5.97 Å². The largest absolute Gasteiger partial charge is 0.463 e. The number of aliphatic hydroxyl groups is 1. The van der Waals surface area contributed by atoms with Gasteiger partial charge in [0.05, 0.1) is 13.2 Å². The first-order valence-corrected chi connectivity index (χ1v) is 5.59. The van der Waals surface area contributed by atoms with E-state index in [0.717, 1.165) is 0 Å². The Morgan fingerprint density at radius 1 is 1.47 bits per heavy atom. The molecule has 17 heavy (non-hydrogen) atoms. The van der Waals surface area contributed by atoms with Crippen LogP contribution in [-0.2, 0) is 14.3 Å². The van der Waals surface area contributed by atoms with Gasteiger partial charge in [-0.3, -0.25) is 0 Å². The second-order valence-corrected chi connectivity index (χ2v) is 3.93. The van der Waals surface area contributed by atoms with E-state index in [4.69, 9.17) is 9.47 Å². The standard InChI is InChI=1S/C13H18O4/c1-3-16-12(15)9-7-5-4-6-8-11(14)13(2)10-17-13/h4-9,11,14H,3,10H2,1-2H3/b5-4+,8-6+,9-7+/t11-,13+/m1/s1. The Morgan fingerprint density at radius 3 is 2.71 bits per heavy atom. The van der Waals surface area contributed by atoms with E-state index in [1.807, 2.05) is 6.92 Å². The zero-order chi connectivity index (χ0) is 12.7. The monoisotopic (exact) mass is 238 g/mol. The fourth-order valence-electron chi connectivity index (χ4n) is 1.11. The van der Waals surface area contributed by atoms with Crippen molar-refractivity contribution in [2.24, 2.45) is 0 Å². The lowest BCUT2D eigenvalue weighted by Gasteiger charge is -2.08. The number of aliphatic hydroxyl groups excluding tert-OH is 1. The van der Waals surface area contributed by atoms with Crippen molar-refractivity contribution in [3.05, 3.63) is 36.5 Å². The molecule has 0 aromatic heterocycles. The van der Waals surface area contributed by atoms with Crippen LogP contribution in [0.2, 0.25) is 0 Å². The quantitative estimate of drug-likeness (QED) is 0.328. The Kier molecular flexibility index (Phi) is 5.12. The predicted molar refractivity (Wildman–Crippen MR) is 64.4 cm³/mol. The van der Waals surface area contributed by atoms with Gasteiger partial charge >= 0.3 is 5.97 Å². The lowest BCUT2D eigenvalue weighted by Crippen LogP contribution is -2.23. The number of hydrogen-bond acceptors (Lipinski definition) is 4. The zero-order valence-corrected chi connectivity index (χ0v) is 10.1. The minimum absolute atomic E-state index is 0.361. The van der Waals surface area contributed by atoms with Crippen LogP contribution in [0.5, 0.6) is 0 Å². The molecule has 2 atom stereocenters. The van der Waals surface area contributed by atoms with E-state index in [0.29, 0.717) is 13.2 Å². The third-order valence-corrected chi connectivity index (χ3v) is 2.37. The highest BCUT2D eigenvalue weighted by Crippen LogP contribution is 2.30. The molecule has 1 N–H and O–H groups in total. The maximum absolute atomic E-state index is 10.9. The summed E-state index contributed by atoms with van der Waals surface area (Å²) in [5.41, 5.74) is -0.412. The first-order valence-electron chi connectivity index (χ1n) is 5.59. The summed E-state index contributed by atoms with van der Waals surface area (Å²) in [5.74, 6) is -0.361. The van der Waals surface area contributed by atoms with Crippen molar-refractivity contribution in [2.45, 2.75) is 25.6 Å². The van der Waals surface area contributed by atoms with E-state index in [1.54, 1.807) is 37.3 Å². The maximum Gasteiger partial charge on any atom is 0.330 e. The number of rotatable bonds is 6. The second-order valence-electron chi connectivity index (χ2n) is 3.93. The van der Waals surface area contributed by atoms with Gasteiger partial charge in [-0.1, -0.05) is 30.4 Å². The summed E-state index contributed by atoms with van der Waals surface area (Å²) in [5, 5.41) is 9.63. The number of hydrogen-bond donors (Lipinski definition) is 1. The number of ether oxygens (including phenoxy) is 2. The summed E-state index contributed by atoms with van der Waals surface area (Å²) in [6.45, 7) is 4.57. The van der Waals surface area contributed by atoms with Crippen LogP contribution in [0.1, 0.15) is 13.8 Å². The van der Waals surface area contributed by atoms with Gasteiger partial charge in [0, 0.05) is 6.08 Å². The fraction of sp³-hybridized carbons (Fsp3) is 0.462. The molecule has 1 aliphatic rings. The number of epoxide rings is 1. The Morgan fingerprint density at radius 2 is 2.12 bits per heavy atom. The topological polar surface area (TPSA) is 59.1 Å². The molecule has 1 saturated heterocycles. The number of allylic oxidation sites excluding steroid dienone is 4. The molecule has 1 rings (SSSR count). The van der Waals surface area contributed by atoms with Crippen molar-refractivity contribution in [3.8, 4) is 0 Å². The molecule has 1 heterocycles. The van der Waals surface area contributed by atoms with Crippen molar-refractivity contribution in [1.82, 2.24) is 0 Å². The van der Waals surface area contributed by atoms with Gasteiger partial charge in [-0.2, -0.15) is 0 Å². The van der Waals surface area contributed by atoms with Gasteiger partial charge in [-0.25, -0.2) is 4.79 Å². The van der Waals surface area contributed by atoms with Gasteiger partial charge in [0.25, 0.3) is 0 Å². The highest BCUT2D eigenvalue weighted by molar-refractivity contribution is 5.82. The Hall–Kier alpha value is -1.39. The predicted octanol–water partition coefficient (Wildman–Crippen LogP) is 1.37. The molecule has 0 radical (unpaired) electrons. The molecule has 4 nitrogen and oxygen atoms in total. The Bertz CT molecular complexity index is 337. The summed E-state index contributed by atoms with van der Waals surface area (Å²) in [6.07, 6.45) is 9.12. The van der Waals surface area contributed by atoms with E-state index < -0.39 is 11.7 Å². The minimum Gasteiger partial charge on any atom is -0.463 e. The summed E-state index contributed by atoms with van der Waals surface area (Å²) in [4.78, 5) is 10.9. The van der Waals surface area contributed by atoms with Gasteiger partial charge in [0.15, 0.2) is 0 Å². The van der Waals surface area contributed by atoms with E-state index in [9.17, 15) is 9.90 Å². The second kappa shape index (κ2) is 6.37. The van der Waals surface area contributed by atoms with Crippen LogP contribution in [0.4, 0.5) is 0 Å². The minimum atomic E-state index is -0.596. The van der Waals surface area contributed by atoms with Gasteiger partial charge in [0.2, 0.25) is 0 Å². The molecule has 94 valence electrons. The fourth-order valence-corrected chi connectivity index (χ4v) is 1.11. The average Bonchev–Trinajstić information content (AvgIpc) is 3.03. The number of carbonyl (C=O) groups is 1. The van der Waals surface area contributed by atoms with E-state index in [1.165, 1.54) is 6.08 Å². The van der Waals surface area contributed by atoms with Crippen LogP contribution in [0.3, 0.4) is 0 Å². The molecule has 4 heteroatoms. The summed E-state index contributed by atoms with van der Waals surface area (Å²) in [7, 11) is 0. The van der Waals surface area contributed by atoms with Gasteiger partial charge in [0.1, 0.15) is 11.7 Å². The van der Waals surface area contributed by atoms with Crippen LogP contribution in [0, 0.1) is 0 Å². The molecule has 0 aromatic carbocycles. The SMILES string of the molecule is CCOC(=O)/C=C/C=C/C=C/[C@@H](O)[C@]1(C)CO1. The van der Waals surface area contributed by atoms with Crippen LogP contribution < -0.4 is 0 Å². The highest BCUT2D eigenvalue weighted by atomic mass is 16.6. The maximum atomic E-state index is 10.9. The van der Waals surface area contributed by atoms with Crippen LogP contribution in [-0.4, -0.2) is 36.0 Å². The molecule has 0 aliphatic carbocycles. The molecule has 0 aromatic rings.